The second kappa shape index (κ2) is 5.42. The Kier molecular flexibility index (Phi) is 4.18. The van der Waals surface area contributed by atoms with E-state index in [-0.39, 0.29) is 23.7 Å². The molecule has 20 heavy (non-hydrogen) atoms. The number of morpholine rings is 1. The van der Waals surface area contributed by atoms with Crippen molar-refractivity contribution < 1.29 is 14.4 Å². The first-order valence-corrected chi connectivity index (χ1v) is 7.04. The van der Waals surface area contributed by atoms with Crippen molar-refractivity contribution >= 4 is 0 Å². The molecule has 6 nitrogen and oxygen atoms in total. The van der Waals surface area contributed by atoms with Crippen molar-refractivity contribution in [2.45, 2.75) is 58.3 Å². The molecular weight excluding hydrogens is 258 g/mol. The summed E-state index contributed by atoms with van der Waals surface area (Å²) in [7, 11) is 0. The van der Waals surface area contributed by atoms with Crippen molar-refractivity contribution in [2.24, 2.45) is 0 Å². The highest BCUT2D eigenvalue weighted by molar-refractivity contribution is 5.00. The monoisotopic (exact) mass is 283 g/mol. The lowest BCUT2D eigenvalue weighted by atomic mass is 9.96. The zero-order valence-corrected chi connectivity index (χ0v) is 13.0. The molecule has 2 rings (SSSR count). The fourth-order valence-corrected chi connectivity index (χ4v) is 2.45. The van der Waals surface area contributed by atoms with Gasteiger partial charge < -0.3 is 14.4 Å². The molecule has 0 amide bonds. The highest BCUT2D eigenvalue weighted by Gasteiger charge is 2.34. The van der Waals surface area contributed by atoms with Crippen molar-refractivity contribution in [3.8, 4) is 0 Å². The van der Waals surface area contributed by atoms with E-state index in [9.17, 15) is 5.11 Å². The third kappa shape index (κ3) is 3.77. The smallest absolute Gasteiger partial charge is 0.240 e. The largest absolute Gasteiger partial charge is 0.394 e. The normalized spacial score (nSPS) is 24.0. The minimum Gasteiger partial charge on any atom is -0.394 e. The van der Waals surface area contributed by atoms with E-state index in [1.807, 2.05) is 13.8 Å². The van der Waals surface area contributed by atoms with E-state index < -0.39 is 0 Å². The molecule has 1 aliphatic rings. The van der Waals surface area contributed by atoms with Gasteiger partial charge in [-0.05, 0) is 13.8 Å². The van der Waals surface area contributed by atoms with E-state index in [0.717, 1.165) is 12.4 Å². The van der Waals surface area contributed by atoms with Crippen LogP contribution in [0.2, 0.25) is 0 Å². The van der Waals surface area contributed by atoms with Gasteiger partial charge in [-0.3, -0.25) is 4.90 Å². The maximum Gasteiger partial charge on any atom is 0.240 e. The third-order valence-corrected chi connectivity index (χ3v) is 3.25. The lowest BCUT2D eigenvalue weighted by molar-refractivity contribution is -0.151. The fourth-order valence-electron chi connectivity index (χ4n) is 2.45. The van der Waals surface area contributed by atoms with Gasteiger partial charge in [-0.25, -0.2) is 0 Å². The average molecular weight is 283 g/mol. The molecule has 6 heteroatoms. The Morgan fingerprint density at radius 3 is 2.65 bits per heavy atom. The van der Waals surface area contributed by atoms with Crippen LogP contribution < -0.4 is 0 Å². The molecule has 2 heterocycles. The zero-order valence-electron chi connectivity index (χ0n) is 13.0. The fraction of sp³-hybridized carbons (Fsp3) is 0.857. The van der Waals surface area contributed by atoms with Crippen LogP contribution in [0.25, 0.3) is 0 Å². The van der Waals surface area contributed by atoms with Crippen LogP contribution in [0.5, 0.6) is 0 Å². The van der Waals surface area contributed by atoms with E-state index >= 15 is 0 Å². The molecule has 0 radical (unpaired) electrons. The third-order valence-electron chi connectivity index (χ3n) is 3.25. The summed E-state index contributed by atoms with van der Waals surface area (Å²) in [4.78, 5) is 6.64. The van der Waals surface area contributed by atoms with E-state index in [2.05, 4.69) is 35.8 Å². The summed E-state index contributed by atoms with van der Waals surface area (Å²) in [5.41, 5.74) is -0.391. The van der Waals surface area contributed by atoms with E-state index in [0.29, 0.717) is 19.0 Å². The summed E-state index contributed by atoms with van der Waals surface area (Å²) in [6, 6.07) is 0. The van der Waals surface area contributed by atoms with Crippen LogP contribution in [0.15, 0.2) is 4.52 Å². The Morgan fingerprint density at radius 1 is 1.40 bits per heavy atom. The van der Waals surface area contributed by atoms with Gasteiger partial charge in [0.05, 0.1) is 24.9 Å². The van der Waals surface area contributed by atoms with Gasteiger partial charge in [-0.1, -0.05) is 25.9 Å². The molecule has 0 aliphatic carbocycles. The molecule has 1 aliphatic heterocycles. The van der Waals surface area contributed by atoms with Crippen molar-refractivity contribution in [3.63, 3.8) is 0 Å². The van der Waals surface area contributed by atoms with E-state index in [1.165, 1.54) is 0 Å². The van der Waals surface area contributed by atoms with E-state index in [4.69, 9.17) is 9.26 Å². The molecule has 0 saturated carbocycles. The van der Waals surface area contributed by atoms with Crippen molar-refractivity contribution in [1.82, 2.24) is 15.0 Å². The van der Waals surface area contributed by atoms with Crippen molar-refractivity contribution in [1.29, 1.82) is 0 Å². The van der Waals surface area contributed by atoms with Gasteiger partial charge in [0.1, 0.15) is 0 Å². The van der Waals surface area contributed by atoms with Crippen molar-refractivity contribution in [3.05, 3.63) is 11.7 Å². The Morgan fingerprint density at radius 2 is 2.10 bits per heavy atom. The lowest BCUT2D eigenvalue weighted by Gasteiger charge is -2.41. The number of aliphatic hydroxyl groups is 1. The number of rotatable bonds is 3. The van der Waals surface area contributed by atoms with Crippen LogP contribution in [0.3, 0.4) is 0 Å². The van der Waals surface area contributed by atoms with Gasteiger partial charge in [-0.15, -0.1) is 0 Å². The van der Waals surface area contributed by atoms with Gasteiger partial charge in [-0.2, -0.15) is 4.98 Å². The molecule has 1 unspecified atom stereocenters. The van der Waals surface area contributed by atoms with Gasteiger partial charge >= 0.3 is 0 Å². The molecule has 1 aromatic rings. The summed E-state index contributed by atoms with van der Waals surface area (Å²) in [5, 5.41) is 13.3. The summed E-state index contributed by atoms with van der Waals surface area (Å²) in [5.74, 6) is 1.34. The number of hydrogen-bond donors (Lipinski definition) is 1. The highest BCUT2D eigenvalue weighted by atomic mass is 16.5. The Bertz CT molecular complexity index is 451. The lowest BCUT2D eigenvalue weighted by Crippen LogP contribution is -2.53. The number of ether oxygens (including phenoxy) is 1. The predicted molar refractivity (Wildman–Crippen MR) is 74.3 cm³/mol. The van der Waals surface area contributed by atoms with E-state index in [1.54, 1.807) is 0 Å². The highest BCUT2D eigenvalue weighted by Crippen LogP contribution is 2.23. The molecule has 0 spiro atoms. The van der Waals surface area contributed by atoms with Crippen LogP contribution in [0.1, 0.15) is 46.3 Å². The molecular formula is C14H25N3O3. The molecule has 1 saturated heterocycles. The second-order valence-corrected chi connectivity index (χ2v) is 7.11. The Balaban J connectivity index is 2.04. The molecule has 0 bridgehead atoms. The first kappa shape index (κ1) is 15.4. The first-order chi connectivity index (χ1) is 9.19. The van der Waals surface area contributed by atoms with Crippen LogP contribution in [-0.4, -0.2) is 51.5 Å². The Hall–Kier alpha value is -0.980. The zero-order chi connectivity index (χ0) is 15.0. The molecule has 114 valence electrons. The quantitative estimate of drug-likeness (QED) is 0.902. The standard InChI is InChI=1S/C14H25N3O3/c1-13(2,3)12-15-11(20-16-12)7-17-6-10(8-18)19-14(4,5)9-17/h10,18H,6-9H2,1-5H3. The van der Waals surface area contributed by atoms with Gasteiger partial charge in [0, 0.05) is 18.5 Å². The molecule has 1 aromatic heterocycles. The maximum atomic E-state index is 9.31. The molecule has 1 fully saturated rings. The van der Waals surface area contributed by atoms with Crippen LogP contribution in [0, 0.1) is 0 Å². The second-order valence-electron chi connectivity index (χ2n) is 7.11. The van der Waals surface area contributed by atoms with Crippen LogP contribution >= 0.6 is 0 Å². The minimum atomic E-state index is -0.279. The van der Waals surface area contributed by atoms with Gasteiger partial charge in [0.2, 0.25) is 5.89 Å². The van der Waals surface area contributed by atoms with Gasteiger partial charge in [0.15, 0.2) is 5.82 Å². The summed E-state index contributed by atoms with van der Waals surface area (Å²) >= 11 is 0. The number of aromatic nitrogens is 2. The van der Waals surface area contributed by atoms with Crippen LogP contribution in [0.4, 0.5) is 0 Å². The number of aliphatic hydroxyl groups excluding tert-OH is 1. The van der Waals surface area contributed by atoms with Gasteiger partial charge in [0.25, 0.3) is 0 Å². The molecule has 0 aromatic carbocycles. The van der Waals surface area contributed by atoms with Crippen molar-refractivity contribution in [2.75, 3.05) is 19.7 Å². The minimum absolute atomic E-state index is 0.0248. The van der Waals surface area contributed by atoms with Crippen LogP contribution in [-0.2, 0) is 16.7 Å². The number of nitrogens with zero attached hydrogens (tertiary/aromatic N) is 3. The first-order valence-electron chi connectivity index (χ1n) is 7.04. The number of hydrogen-bond acceptors (Lipinski definition) is 6. The molecule has 1 atom stereocenters. The molecule has 1 N–H and O–H groups in total. The summed E-state index contributed by atoms with van der Waals surface area (Å²) < 4.78 is 11.1. The Labute approximate surface area is 120 Å². The average Bonchev–Trinajstić information content (AvgIpc) is 2.75. The SMILES string of the molecule is CC1(C)CN(Cc2nc(C(C)(C)C)no2)CC(CO)O1. The summed E-state index contributed by atoms with van der Waals surface area (Å²) in [6.45, 7) is 12.3. The predicted octanol–water partition coefficient (Wildman–Crippen LogP) is 1.34. The maximum absolute atomic E-state index is 9.31. The summed E-state index contributed by atoms with van der Waals surface area (Å²) in [6.07, 6.45) is -0.163. The topological polar surface area (TPSA) is 71.6 Å².